The van der Waals surface area contributed by atoms with Crippen molar-refractivity contribution >= 4 is 5.78 Å². The SMILES string of the molecule is CC1CCC(C2=CCC(=O)CC2)CC1C. The Bertz CT molecular complexity index is 277. The van der Waals surface area contributed by atoms with Crippen molar-refractivity contribution in [3.8, 4) is 0 Å². The van der Waals surface area contributed by atoms with Gasteiger partial charge in [0.2, 0.25) is 0 Å². The van der Waals surface area contributed by atoms with Crippen LogP contribution in [0.1, 0.15) is 52.4 Å². The Morgan fingerprint density at radius 1 is 1.13 bits per heavy atom. The van der Waals surface area contributed by atoms with E-state index in [4.69, 9.17) is 0 Å². The summed E-state index contributed by atoms with van der Waals surface area (Å²) in [5.74, 6) is 2.98. The molecule has 0 radical (unpaired) electrons. The van der Waals surface area contributed by atoms with E-state index in [1.54, 1.807) is 5.57 Å². The van der Waals surface area contributed by atoms with Gasteiger partial charge in [-0.25, -0.2) is 0 Å². The second kappa shape index (κ2) is 4.51. The highest BCUT2D eigenvalue weighted by atomic mass is 16.1. The number of carbonyl (C=O) groups is 1. The number of rotatable bonds is 1. The molecule has 1 heteroatoms. The van der Waals surface area contributed by atoms with Gasteiger partial charge in [0.1, 0.15) is 5.78 Å². The average molecular weight is 206 g/mol. The average Bonchev–Trinajstić information content (AvgIpc) is 2.23. The van der Waals surface area contributed by atoms with Crippen LogP contribution in [0.15, 0.2) is 11.6 Å². The summed E-state index contributed by atoms with van der Waals surface area (Å²) in [6.07, 6.45) is 8.84. The third-order valence-corrected chi connectivity index (χ3v) is 4.41. The first kappa shape index (κ1) is 10.9. The topological polar surface area (TPSA) is 17.1 Å². The van der Waals surface area contributed by atoms with Gasteiger partial charge in [-0.3, -0.25) is 4.79 Å². The lowest BCUT2D eigenvalue weighted by molar-refractivity contribution is -0.118. The van der Waals surface area contributed by atoms with Crippen LogP contribution in [0.25, 0.3) is 0 Å². The summed E-state index contributed by atoms with van der Waals surface area (Å²) in [5.41, 5.74) is 1.59. The quantitative estimate of drug-likeness (QED) is 0.597. The number of hydrogen-bond acceptors (Lipinski definition) is 1. The van der Waals surface area contributed by atoms with E-state index in [9.17, 15) is 4.79 Å². The maximum Gasteiger partial charge on any atom is 0.136 e. The highest BCUT2D eigenvalue weighted by Gasteiger charge is 2.27. The molecule has 2 rings (SSSR count). The number of ketones is 1. The van der Waals surface area contributed by atoms with Crippen molar-refractivity contribution in [2.75, 3.05) is 0 Å². The molecule has 0 spiro atoms. The van der Waals surface area contributed by atoms with E-state index in [0.717, 1.165) is 30.6 Å². The second-order valence-corrected chi connectivity index (χ2v) is 5.49. The summed E-state index contributed by atoms with van der Waals surface area (Å²) in [6.45, 7) is 4.75. The Balaban J connectivity index is 1.97. The predicted molar refractivity (Wildman–Crippen MR) is 62.6 cm³/mol. The molecule has 2 aliphatic carbocycles. The van der Waals surface area contributed by atoms with Crippen LogP contribution in [0.4, 0.5) is 0 Å². The lowest BCUT2D eigenvalue weighted by Gasteiger charge is -2.34. The van der Waals surface area contributed by atoms with Crippen molar-refractivity contribution in [3.63, 3.8) is 0 Å². The zero-order valence-electron chi connectivity index (χ0n) is 9.96. The van der Waals surface area contributed by atoms with E-state index in [0.29, 0.717) is 12.2 Å². The molecule has 0 bridgehead atoms. The van der Waals surface area contributed by atoms with Gasteiger partial charge in [0.15, 0.2) is 0 Å². The van der Waals surface area contributed by atoms with E-state index in [1.165, 1.54) is 19.3 Å². The lowest BCUT2D eigenvalue weighted by Crippen LogP contribution is -2.23. The largest absolute Gasteiger partial charge is 0.299 e. The zero-order chi connectivity index (χ0) is 10.8. The fraction of sp³-hybridized carbons (Fsp3) is 0.786. The van der Waals surface area contributed by atoms with Gasteiger partial charge in [-0.05, 0) is 43.4 Å². The first-order valence-electron chi connectivity index (χ1n) is 6.37. The summed E-state index contributed by atoms with van der Waals surface area (Å²) < 4.78 is 0. The molecule has 3 atom stereocenters. The molecule has 0 amide bonds. The normalized spacial score (nSPS) is 37.6. The van der Waals surface area contributed by atoms with Crippen LogP contribution in [0.3, 0.4) is 0 Å². The third-order valence-electron chi connectivity index (χ3n) is 4.41. The molecule has 1 fully saturated rings. The van der Waals surface area contributed by atoms with Crippen molar-refractivity contribution in [2.45, 2.75) is 52.4 Å². The van der Waals surface area contributed by atoms with Crippen LogP contribution >= 0.6 is 0 Å². The van der Waals surface area contributed by atoms with Gasteiger partial charge in [-0.15, -0.1) is 0 Å². The molecule has 3 unspecified atom stereocenters. The molecule has 0 saturated heterocycles. The molecule has 0 aromatic heterocycles. The molecule has 0 aromatic carbocycles. The minimum atomic E-state index is 0.427. The summed E-state index contributed by atoms with van der Waals surface area (Å²) in [7, 11) is 0. The summed E-state index contributed by atoms with van der Waals surface area (Å²) in [5, 5.41) is 0. The Kier molecular flexibility index (Phi) is 3.28. The molecule has 84 valence electrons. The van der Waals surface area contributed by atoms with Crippen LogP contribution in [0, 0.1) is 17.8 Å². The minimum absolute atomic E-state index is 0.427. The van der Waals surface area contributed by atoms with Crippen molar-refractivity contribution in [2.24, 2.45) is 17.8 Å². The number of hydrogen-bond donors (Lipinski definition) is 0. The zero-order valence-corrected chi connectivity index (χ0v) is 9.96. The highest BCUT2D eigenvalue weighted by Crippen LogP contribution is 2.39. The monoisotopic (exact) mass is 206 g/mol. The van der Waals surface area contributed by atoms with E-state index in [2.05, 4.69) is 19.9 Å². The minimum Gasteiger partial charge on any atom is -0.299 e. The van der Waals surface area contributed by atoms with Crippen LogP contribution in [-0.2, 0) is 4.79 Å². The molecular weight excluding hydrogens is 184 g/mol. The van der Waals surface area contributed by atoms with Gasteiger partial charge >= 0.3 is 0 Å². The third kappa shape index (κ3) is 2.50. The number of Topliss-reactive ketones (excluding diaryl/α,β-unsaturated/α-hetero) is 1. The summed E-state index contributed by atoms with van der Waals surface area (Å²) >= 11 is 0. The van der Waals surface area contributed by atoms with E-state index in [-0.39, 0.29) is 0 Å². The van der Waals surface area contributed by atoms with Crippen LogP contribution in [-0.4, -0.2) is 5.78 Å². The Labute approximate surface area is 92.9 Å². The maximum absolute atomic E-state index is 11.2. The van der Waals surface area contributed by atoms with Gasteiger partial charge < -0.3 is 0 Å². The summed E-state index contributed by atoms with van der Waals surface area (Å²) in [4.78, 5) is 11.2. The molecule has 2 aliphatic rings. The van der Waals surface area contributed by atoms with E-state index >= 15 is 0 Å². The smallest absolute Gasteiger partial charge is 0.136 e. The molecule has 0 aromatic rings. The van der Waals surface area contributed by atoms with Crippen LogP contribution < -0.4 is 0 Å². The molecule has 0 heterocycles. The van der Waals surface area contributed by atoms with Crippen molar-refractivity contribution in [1.29, 1.82) is 0 Å². The van der Waals surface area contributed by atoms with Crippen LogP contribution in [0.5, 0.6) is 0 Å². The fourth-order valence-corrected chi connectivity index (χ4v) is 2.99. The molecule has 0 N–H and O–H groups in total. The molecule has 1 saturated carbocycles. The fourth-order valence-electron chi connectivity index (χ4n) is 2.99. The van der Waals surface area contributed by atoms with Crippen molar-refractivity contribution in [3.05, 3.63) is 11.6 Å². The molecular formula is C14H22O. The number of carbonyl (C=O) groups excluding carboxylic acids is 1. The first-order valence-corrected chi connectivity index (χ1v) is 6.37. The van der Waals surface area contributed by atoms with Crippen LogP contribution in [0.2, 0.25) is 0 Å². The standard InChI is InChI=1S/C14H22O/c1-10-3-4-13(9-11(10)2)12-5-7-14(15)8-6-12/h5,10-11,13H,3-4,6-9H2,1-2H3. The van der Waals surface area contributed by atoms with Gasteiger partial charge in [0.05, 0.1) is 0 Å². The number of allylic oxidation sites excluding steroid dienone is 2. The first-order chi connectivity index (χ1) is 7.16. The van der Waals surface area contributed by atoms with Gasteiger partial charge in [-0.1, -0.05) is 25.5 Å². The van der Waals surface area contributed by atoms with E-state index < -0.39 is 0 Å². The Morgan fingerprint density at radius 3 is 2.53 bits per heavy atom. The lowest BCUT2D eigenvalue weighted by atomic mass is 9.71. The molecule has 1 nitrogen and oxygen atoms in total. The molecule has 0 aliphatic heterocycles. The van der Waals surface area contributed by atoms with Gasteiger partial charge in [0, 0.05) is 12.8 Å². The van der Waals surface area contributed by atoms with E-state index in [1.807, 2.05) is 0 Å². The van der Waals surface area contributed by atoms with Gasteiger partial charge in [-0.2, -0.15) is 0 Å². The predicted octanol–water partition coefficient (Wildman–Crippen LogP) is 3.74. The second-order valence-electron chi connectivity index (χ2n) is 5.49. The Morgan fingerprint density at radius 2 is 1.93 bits per heavy atom. The van der Waals surface area contributed by atoms with Crippen molar-refractivity contribution in [1.82, 2.24) is 0 Å². The summed E-state index contributed by atoms with van der Waals surface area (Å²) in [6, 6.07) is 0. The Hall–Kier alpha value is -0.590. The van der Waals surface area contributed by atoms with Gasteiger partial charge in [0.25, 0.3) is 0 Å². The molecule has 15 heavy (non-hydrogen) atoms. The maximum atomic E-state index is 11.2. The van der Waals surface area contributed by atoms with Crippen molar-refractivity contribution < 1.29 is 4.79 Å². The highest BCUT2D eigenvalue weighted by molar-refractivity contribution is 5.81.